The maximum absolute atomic E-state index is 8.74. The molecule has 1 N–H and O–H groups in total. The lowest BCUT2D eigenvalue weighted by molar-refractivity contribution is 0.375. The van der Waals surface area contributed by atoms with Crippen LogP contribution in [0.4, 0.5) is 0 Å². The van der Waals surface area contributed by atoms with E-state index >= 15 is 0 Å². The minimum atomic E-state index is 0.0416. The Morgan fingerprint density at radius 2 is 2.45 bits per heavy atom. The summed E-state index contributed by atoms with van der Waals surface area (Å²) < 4.78 is 0. The number of nitrogens with one attached hydrogen (secondary N) is 1. The van der Waals surface area contributed by atoms with Gasteiger partial charge in [-0.15, -0.1) is 0 Å². The van der Waals surface area contributed by atoms with Crippen molar-refractivity contribution in [1.82, 2.24) is 10.2 Å². The molecule has 0 aromatic heterocycles. The number of likely N-dealkylation sites (tertiary alicyclic amines) is 1. The molecule has 0 radical (unpaired) electrons. The summed E-state index contributed by atoms with van der Waals surface area (Å²) in [6, 6.07) is 2.32. The van der Waals surface area contributed by atoms with Gasteiger partial charge in [-0.1, -0.05) is 0 Å². The highest BCUT2D eigenvalue weighted by molar-refractivity contribution is 4.97. The Balaban J connectivity index is 2.42. The highest BCUT2D eigenvalue weighted by Crippen LogP contribution is 2.17. The zero-order valence-electron chi connectivity index (χ0n) is 7.17. The quantitative estimate of drug-likeness (QED) is 0.609. The number of nitriles is 1. The highest BCUT2D eigenvalue weighted by atomic mass is 15.1. The standard InChI is InChI=1S/C8H15N3/c1-10-8(5-9)7-3-4-11(2)6-7/h7-8,10H,3-4,6H2,1-2H3. The van der Waals surface area contributed by atoms with Crippen LogP contribution in [0.3, 0.4) is 0 Å². The van der Waals surface area contributed by atoms with Gasteiger partial charge in [-0.2, -0.15) is 5.26 Å². The summed E-state index contributed by atoms with van der Waals surface area (Å²) in [6.07, 6.45) is 1.15. The number of nitrogens with zero attached hydrogens (tertiary/aromatic N) is 2. The maximum Gasteiger partial charge on any atom is 0.0991 e. The molecule has 0 aromatic rings. The van der Waals surface area contributed by atoms with E-state index in [1.165, 1.54) is 0 Å². The summed E-state index contributed by atoms with van der Waals surface area (Å²) in [5.41, 5.74) is 0. The molecule has 0 spiro atoms. The molecular formula is C8H15N3. The van der Waals surface area contributed by atoms with Crippen LogP contribution < -0.4 is 5.32 Å². The molecule has 1 saturated heterocycles. The van der Waals surface area contributed by atoms with Crippen LogP contribution in [0.25, 0.3) is 0 Å². The number of rotatable bonds is 2. The fourth-order valence-electron chi connectivity index (χ4n) is 1.65. The van der Waals surface area contributed by atoms with Crippen molar-refractivity contribution < 1.29 is 0 Å². The molecule has 1 aliphatic rings. The molecule has 3 nitrogen and oxygen atoms in total. The monoisotopic (exact) mass is 153 g/mol. The topological polar surface area (TPSA) is 39.1 Å². The minimum absolute atomic E-state index is 0.0416. The fourth-order valence-corrected chi connectivity index (χ4v) is 1.65. The molecule has 11 heavy (non-hydrogen) atoms. The zero-order valence-corrected chi connectivity index (χ0v) is 7.17. The Morgan fingerprint density at radius 3 is 2.82 bits per heavy atom. The Bertz CT molecular complexity index is 161. The van der Waals surface area contributed by atoms with Crippen LogP contribution in [0.5, 0.6) is 0 Å². The number of hydrogen-bond donors (Lipinski definition) is 1. The van der Waals surface area contributed by atoms with Crippen LogP contribution in [-0.4, -0.2) is 38.1 Å². The average Bonchev–Trinajstić information content (AvgIpc) is 2.39. The average molecular weight is 153 g/mol. The summed E-state index contributed by atoms with van der Waals surface area (Å²) in [5.74, 6) is 0.523. The van der Waals surface area contributed by atoms with Crippen LogP contribution in [0.2, 0.25) is 0 Å². The van der Waals surface area contributed by atoms with E-state index in [-0.39, 0.29) is 6.04 Å². The second kappa shape index (κ2) is 3.70. The van der Waals surface area contributed by atoms with E-state index in [1.807, 2.05) is 7.05 Å². The predicted octanol–water partition coefficient (Wildman–Crippen LogP) is 0.0497. The van der Waals surface area contributed by atoms with Gasteiger partial charge in [-0.3, -0.25) is 0 Å². The van der Waals surface area contributed by atoms with Crippen LogP contribution in [0.1, 0.15) is 6.42 Å². The third kappa shape index (κ3) is 1.92. The van der Waals surface area contributed by atoms with Crippen molar-refractivity contribution in [1.29, 1.82) is 5.26 Å². The molecule has 2 atom stereocenters. The third-order valence-corrected chi connectivity index (χ3v) is 2.35. The van der Waals surface area contributed by atoms with E-state index in [0.717, 1.165) is 19.5 Å². The van der Waals surface area contributed by atoms with Crippen molar-refractivity contribution >= 4 is 0 Å². The van der Waals surface area contributed by atoms with Crippen LogP contribution in [0.15, 0.2) is 0 Å². The van der Waals surface area contributed by atoms with E-state index in [0.29, 0.717) is 5.92 Å². The Morgan fingerprint density at radius 1 is 1.73 bits per heavy atom. The second-order valence-electron chi connectivity index (χ2n) is 3.21. The summed E-state index contributed by atoms with van der Waals surface area (Å²) in [5, 5.41) is 11.8. The lowest BCUT2D eigenvalue weighted by atomic mass is 10.0. The van der Waals surface area contributed by atoms with E-state index in [2.05, 4.69) is 23.3 Å². The zero-order chi connectivity index (χ0) is 8.27. The van der Waals surface area contributed by atoms with Crippen molar-refractivity contribution in [2.24, 2.45) is 5.92 Å². The molecule has 3 heteroatoms. The van der Waals surface area contributed by atoms with Crippen molar-refractivity contribution in [2.75, 3.05) is 27.2 Å². The van der Waals surface area contributed by atoms with Gasteiger partial charge in [0.05, 0.1) is 12.1 Å². The largest absolute Gasteiger partial charge is 0.306 e. The maximum atomic E-state index is 8.74. The number of hydrogen-bond acceptors (Lipinski definition) is 3. The van der Waals surface area contributed by atoms with Crippen molar-refractivity contribution in [3.05, 3.63) is 0 Å². The van der Waals surface area contributed by atoms with E-state index in [4.69, 9.17) is 5.26 Å². The summed E-state index contributed by atoms with van der Waals surface area (Å²) in [6.45, 7) is 2.18. The molecule has 0 aliphatic carbocycles. The Kier molecular flexibility index (Phi) is 2.86. The van der Waals surface area contributed by atoms with Crippen LogP contribution >= 0.6 is 0 Å². The van der Waals surface area contributed by atoms with Gasteiger partial charge in [0.2, 0.25) is 0 Å². The van der Waals surface area contributed by atoms with Gasteiger partial charge in [-0.25, -0.2) is 0 Å². The molecule has 1 fully saturated rings. The lowest BCUT2D eigenvalue weighted by Crippen LogP contribution is -2.33. The molecule has 1 aliphatic heterocycles. The van der Waals surface area contributed by atoms with Gasteiger partial charge in [0.25, 0.3) is 0 Å². The van der Waals surface area contributed by atoms with Gasteiger partial charge in [0, 0.05) is 12.5 Å². The summed E-state index contributed by atoms with van der Waals surface area (Å²) >= 11 is 0. The second-order valence-corrected chi connectivity index (χ2v) is 3.21. The summed E-state index contributed by atoms with van der Waals surface area (Å²) in [7, 11) is 3.95. The predicted molar refractivity (Wildman–Crippen MR) is 44.1 cm³/mol. The molecule has 1 heterocycles. The fraction of sp³-hybridized carbons (Fsp3) is 0.875. The van der Waals surface area contributed by atoms with Crippen molar-refractivity contribution in [2.45, 2.75) is 12.5 Å². The molecule has 0 amide bonds. The molecule has 0 aromatic carbocycles. The van der Waals surface area contributed by atoms with E-state index in [1.54, 1.807) is 0 Å². The smallest absolute Gasteiger partial charge is 0.0991 e. The first kappa shape index (κ1) is 8.51. The normalized spacial score (nSPS) is 28.3. The van der Waals surface area contributed by atoms with Gasteiger partial charge < -0.3 is 10.2 Å². The molecule has 0 bridgehead atoms. The molecule has 2 unspecified atom stereocenters. The Hall–Kier alpha value is -0.590. The lowest BCUT2D eigenvalue weighted by Gasteiger charge is -2.15. The van der Waals surface area contributed by atoms with Gasteiger partial charge >= 0.3 is 0 Å². The van der Waals surface area contributed by atoms with Crippen LogP contribution in [-0.2, 0) is 0 Å². The van der Waals surface area contributed by atoms with Crippen molar-refractivity contribution in [3.8, 4) is 6.07 Å². The molecular weight excluding hydrogens is 138 g/mol. The van der Waals surface area contributed by atoms with Gasteiger partial charge in [0.15, 0.2) is 0 Å². The first-order chi connectivity index (χ1) is 5.27. The first-order valence-corrected chi connectivity index (χ1v) is 4.03. The van der Waals surface area contributed by atoms with Crippen molar-refractivity contribution in [3.63, 3.8) is 0 Å². The van der Waals surface area contributed by atoms with Gasteiger partial charge in [0.1, 0.15) is 0 Å². The SMILES string of the molecule is CNC(C#N)C1CCN(C)C1. The Labute approximate surface area is 68.0 Å². The molecule has 62 valence electrons. The first-order valence-electron chi connectivity index (χ1n) is 4.03. The summed E-state index contributed by atoms with van der Waals surface area (Å²) in [4.78, 5) is 2.27. The van der Waals surface area contributed by atoms with E-state index in [9.17, 15) is 0 Å². The molecule has 1 rings (SSSR count). The molecule has 0 saturated carbocycles. The van der Waals surface area contributed by atoms with Crippen LogP contribution in [0, 0.1) is 17.2 Å². The van der Waals surface area contributed by atoms with E-state index < -0.39 is 0 Å². The highest BCUT2D eigenvalue weighted by Gasteiger charge is 2.26. The minimum Gasteiger partial charge on any atom is -0.306 e. The third-order valence-electron chi connectivity index (χ3n) is 2.35. The van der Waals surface area contributed by atoms with Gasteiger partial charge in [-0.05, 0) is 27.1 Å².